The Kier molecular flexibility index (Phi) is 6.53. The van der Waals surface area contributed by atoms with Crippen LogP contribution < -0.4 is 10.6 Å². The molecule has 3 rings (SSSR count). The zero-order chi connectivity index (χ0) is 17.1. The zero-order valence-electron chi connectivity index (χ0n) is 14.5. The van der Waals surface area contributed by atoms with Gasteiger partial charge in [-0.2, -0.15) is 0 Å². The third-order valence-corrected chi connectivity index (χ3v) is 7.46. The van der Waals surface area contributed by atoms with Crippen LogP contribution in [-0.4, -0.2) is 42.0 Å². The van der Waals surface area contributed by atoms with Crippen molar-refractivity contribution in [3.05, 3.63) is 0 Å². The number of halogens is 3. The first-order chi connectivity index (χ1) is 11.6. The quantitative estimate of drug-likeness (QED) is 0.724. The highest BCUT2D eigenvalue weighted by Gasteiger charge is 2.39. The minimum absolute atomic E-state index is 0.0278. The number of rotatable bonds is 4. The van der Waals surface area contributed by atoms with Crippen LogP contribution >= 0.6 is 23.2 Å². The zero-order valence-corrected chi connectivity index (χ0v) is 16.0. The van der Waals surface area contributed by atoms with E-state index in [1.54, 1.807) is 0 Å². The summed E-state index contributed by atoms with van der Waals surface area (Å²) in [6, 6.07) is 0.219. The average Bonchev–Trinajstić information content (AvgIpc) is 3.07. The van der Waals surface area contributed by atoms with Crippen LogP contribution in [0, 0.1) is 17.8 Å². The molecular weight excluding hydrogens is 348 g/mol. The fourth-order valence-electron chi connectivity index (χ4n) is 4.62. The van der Waals surface area contributed by atoms with Crippen LogP contribution in [0.5, 0.6) is 0 Å². The van der Waals surface area contributed by atoms with Crippen molar-refractivity contribution in [2.45, 2.75) is 74.8 Å². The summed E-state index contributed by atoms with van der Waals surface area (Å²) in [6.45, 7) is 3.77. The molecule has 0 aromatic heterocycles. The molecule has 3 nitrogen and oxygen atoms in total. The third kappa shape index (κ3) is 4.30. The van der Waals surface area contributed by atoms with E-state index in [9.17, 15) is 4.39 Å². The van der Waals surface area contributed by atoms with Crippen LogP contribution in [0.2, 0.25) is 0 Å². The molecule has 0 radical (unpaired) electrons. The van der Waals surface area contributed by atoms with Crippen molar-refractivity contribution in [1.82, 2.24) is 10.6 Å². The van der Waals surface area contributed by atoms with Gasteiger partial charge in [-0.25, -0.2) is 4.39 Å². The molecule has 6 heteroatoms. The number of nitrogens with one attached hydrogen (secondary N) is 2. The van der Waals surface area contributed by atoms with Crippen LogP contribution in [0.15, 0.2) is 4.99 Å². The van der Waals surface area contributed by atoms with Gasteiger partial charge in [-0.15, -0.1) is 23.2 Å². The normalized spacial score (nSPS) is 41.4. The van der Waals surface area contributed by atoms with E-state index in [0.717, 1.165) is 64.0 Å². The van der Waals surface area contributed by atoms with Gasteiger partial charge in [0.15, 0.2) is 5.96 Å². The van der Waals surface area contributed by atoms with E-state index in [1.165, 1.54) is 0 Å². The molecule has 0 amide bonds. The fraction of sp³-hybridized carbons (Fsp3) is 0.944. The molecular formula is C18H30Cl2FN3. The number of guanidine groups is 1. The highest BCUT2D eigenvalue weighted by atomic mass is 35.5. The van der Waals surface area contributed by atoms with Crippen molar-refractivity contribution in [3.8, 4) is 0 Å². The van der Waals surface area contributed by atoms with Crippen LogP contribution in [0.1, 0.15) is 51.9 Å². The predicted octanol–water partition coefficient (Wildman–Crippen LogP) is 4.08. The molecule has 2 fully saturated rings. The van der Waals surface area contributed by atoms with Gasteiger partial charge in [0.25, 0.3) is 0 Å². The summed E-state index contributed by atoms with van der Waals surface area (Å²) in [7, 11) is 0. The average molecular weight is 378 g/mol. The molecule has 24 heavy (non-hydrogen) atoms. The molecule has 2 N–H and O–H groups in total. The smallest absolute Gasteiger partial charge is 0.191 e. The number of aliphatic imine (C=N–C) groups is 1. The molecule has 0 aromatic carbocycles. The molecule has 0 saturated heterocycles. The van der Waals surface area contributed by atoms with Gasteiger partial charge in [-0.05, 0) is 49.9 Å². The highest BCUT2D eigenvalue weighted by molar-refractivity contribution is 6.30. The van der Waals surface area contributed by atoms with Gasteiger partial charge in [0.05, 0.1) is 17.3 Å². The lowest BCUT2D eigenvalue weighted by Crippen LogP contribution is -2.51. The molecule has 0 spiro atoms. The number of hydrogen-bond acceptors (Lipinski definition) is 3. The van der Waals surface area contributed by atoms with Gasteiger partial charge in [0.1, 0.15) is 6.17 Å². The van der Waals surface area contributed by atoms with E-state index in [-0.39, 0.29) is 22.7 Å². The topological polar surface area (TPSA) is 36.4 Å². The van der Waals surface area contributed by atoms with Gasteiger partial charge in [-0.1, -0.05) is 19.8 Å². The van der Waals surface area contributed by atoms with E-state index in [1.807, 2.05) is 0 Å². The van der Waals surface area contributed by atoms with Gasteiger partial charge in [-0.3, -0.25) is 4.99 Å². The van der Waals surface area contributed by atoms with Crippen molar-refractivity contribution in [3.63, 3.8) is 0 Å². The first-order valence-electron chi connectivity index (χ1n) is 9.53. The summed E-state index contributed by atoms with van der Waals surface area (Å²) < 4.78 is 14.2. The van der Waals surface area contributed by atoms with E-state index in [4.69, 9.17) is 23.2 Å². The Morgan fingerprint density at radius 2 is 2.04 bits per heavy atom. The molecule has 3 aliphatic rings. The maximum absolute atomic E-state index is 14.2. The Labute approximate surface area is 155 Å². The maximum atomic E-state index is 14.2. The van der Waals surface area contributed by atoms with Gasteiger partial charge in [0.2, 0.25) is 0 Å². The van der Waals surface area contributed by atoms with Crippen LogP contribution in [0.4, 0.5) is 4.39 Å². The second-order valence-electron chi connectivity index (χ2n) is 7.76. The van der Waals surface area contributed by atoms with E-state index < -0.39 is 6.17 Å². The molecule has 0 bridgehead atoms. The predicted molar refractivity (Wildman–Crippen MR) is 99.9 cm³/mol. The SMILES string of the molecule is CC1C(F)CCCC1CC(NC1=NCCN1)C1CCCC(Cl)C1Cl. The summed E-state index contributed by atoms with van der Waals surface area (Å²) in [6.07, 6.45) is 6.32. The van der Waals surface area contributed by atoms with Crippen molar-refractivity contribution in [2.24, 2.45) is 22.7 Å². The van der Waals surface area contributed by atoms with E-state index >= 15 is 0 Å². The summed E-state index contributed by atoms with van der Waals surface area (Å²) in [5.41, 5.74) is 0. The number of nitrogens with zero attached hydrogens (tertiary/aromatic N) is 1. The van der Waals surface area contributed by atoms with Gasteiger partial charge >= 0.3 is 0 Å². The minimum atomic E-state index is -0.662. The number of hydrogen-bond donors (Lipinski definition) is 2. The minimum Gasteiger partial charge on any atom is -0.355 e. The summed E-state index contributed by atoms with van der Waals surface area (Å²) in [4.78, 5) is 4.49. The molecule has 2 aliphatic carbocycles. The first-order valence-corrected chi connectivity index (χ1v) is 10.4. The molecule has 2 saturated carbocycles. The summed E-state index contributed by atoms with van der Waals surface area (Å²) in [5.74, 6) is 1.74. The largest absolute Gasteiger partial charge is 0.355 e. The Bertz CT molecular complexity index is 448. The second-order valence-corrected chi connectivity index (χ2v) is 8.83. The van der Waals surface area contributed by atoms with Crippen LogP contribution in [0.25, 0.3) is 0 Å². The first kappa shape index (κ1) is 18.6. The van der Waals surface area contributed by atoms with E-state index in [2.05, 4.69) is 22.5 Å². The van der Waals surface area contributed by atoms with Crippen LogP contribution in [0.3, 0.4) is 0 Å². The second kappa shape index (κ2) is 8.44. The summed E-state index contributed by atoms with van der Waals surface area (Å²) >= 11 is 13.1. The third-order valence-electron chi connectivity index (χ3n) is 6.21. The molecule has 7 atom stereocenters. The standard InChI is InChI=1S/C18H30Cl2FN3/c1-11-12(4-2-7-15(11)21)10-16(24-18-22-8-9-23-18)13-5-3-6-14(19)17(13)20/h11-17H,2-10H2,1H3,(H2,22,23,24). The van der Waals surface area contributed by atoms with Gasteiger partial charge < -0.3 is 10.6 Å². The maximum Gasteiger partial charge on any atom is 0.191 e. The molecule has 0 aromatic rings. The molecule has 1 heterocycles. The Morgan fingerprint density at radius 1 is 1.25 bits per heavy atom. The number of alkyl halides is 3. The van der Waals surface area contributed by atoms with Gasteiger partial charge in [0, 0.05) is 12.6 Å². The molecule has 7 unspecified atom stereocenters. The van der Waals surface area contributed by atoms with Crippen molar-refractivity contribution in [1.29, 1.82) is 0 Å². The lowest BCUT2D eigenvalue weighted by molar-refractivity contribution is 0.0998. The lowest BCUT2D eigenvalue weighted by Gasteiger charge is -2.41. The Hall–Kier alpha value is -0.220. The van der Waals surface area contributed by atoms with Crippen molar-refractivity contribution < 1.29 is 4.39 Å². The Morgan fingerprint density at radius 3 is 2.79 bits per heavy atom. The Balaban J connectivity index is 1.71. The van der Waals surface area contributed by atoms with Crippen LogP contribution in [-0.2, 0) is 0 Å². The monoisotopic (exact) mass is 377 g/mol. The highest BCUT2D eigenvalue weighted by Crippen LogP contribution is 2.40. The molecule has 138 valence electrons. The van der Waals surface area contributed by atoms with Crippen molar-refractivity contribution in [2.75, 3.05) is 13.1 Å². The summed E-state index contributed by atoms with van der Waals surface area (Å²) in [5, 5.41) is 6.90. The van der Waals surface area contributed by atoms with Crippen molar-refractivity contribution >= 4 is 29.2 Å². The fourth-order valence-corrected chi connectivity index (χ4v) is 5.39. The van der Waals surface area contributed by atoms with E-state index in [0.29, 0.717) is 11.8 Å². The lowest BCUT2D eigenvalue weighted by atomic mass is 9.72. The molecule has 1 aliphatic heterocycles.